The molecule has 2 aliphatic rings. The van der Waals surface area contributed by atoms with Gasteiger partial charge in [0.2, 0.25) is 11.0 Å². The van der Waals surface area contributed by atoms with Crippen LogP contribution in [0, 0.1) is 6.92 Å². The van der Waals surface area contributed by atoms with Gasteiger partial charge in [0.1, 0.15) is 5.82 Å². The highest BCUT2D eigenvalue weighted by atomic mass is 32.1. The van der Waals surface area contributed by atoms with Gasteiger partial charge >= 0.3 is 0 Å². The summed E-state index contributed by atoms with van der Waals surface area (Å²) in [6, 6.07) is 0.179. The maximum absolute atomic E-state index is 5.46. The van der Waals surface area contributed by atoms with E-state index in [0.717, 1.165) is 48.9 Å². The zero-order chi connectivity index (χ0) is 15.1. The normalized spacial score (nSPS) is 21.3. The summed E-state index contributed by atoms with van der Waals surface area (Å²) >= 11 is 1.48. The number of hydrogen-bond acceptors (Lipinski definition) is 8. The molecule has 2 aromatic heterocycles. The van der Waals surface area contributed by atoms with Crippen LogP contribution in [-0.4, -0.2) is 50.6 Å². The summed E-state index contributed by atoms with van der Waals surface area (Å²) in [4.78, 5) is 13.7. The maximum atomic E-state index is 5.46. The van der Waals surface area contributed by atoms with E-state index in [9.17, 15) is 0 Å². The van der Waals surface area contributed by atoms with E-state index >= 15 is 0 Å². The molecule has 118 valence electrons. The molecule has 0 amide bonds. The molecule has 0 bridgehead atoms. The van der Waals surface area contributed by atoms with Crippen LogP contribution in [0.2, 0.25) is 0 Å². The summed E-state index contributed by atoms with van der Waals surface area (Å²) in [6.07, 6.45) is 2.40. The highest BCUT2D eigenvalue weighted by Gasteiger charge is 2.31. The van der Waals surface area contributed by atoms with Crippen LogP contribution in [0.5, 0.6) is 0 Å². The van der Waals surface area contributed by atoms with Crippen molar-refractivity contribution in [1.82, 2.24) is 24.4 Å². The Balaban J connectivity index is 1.37. The second-order valence-corrected chi connectivity index (χ2v) is 6.82. The first-order valence-electron chi connectivity index (χ1n) is 7.83. The van der Waals surface area contributed by atoms with Gasteiger partial charge in [0.15, 0.2) is 5.82 Å². The Hall–Kier alpha value is -1.54. The zero-order valence-electron chi connectivity index (χ0n) is 12.9. The van der Waals surface area contributed by atoms with Crippen LogP contribution in [0.1, 0.15) is 49.3 Å². The van der Waals surface area contributed by atoms with Crippen molar-refractivity contribution in [1.29, 1.82) is 0 Å². The van der Waals surface area contributed by atoms with Gasteiger partial charge in [-0.2, -0.15) is 9.36 Å². The molecule has 1 aliphatic carbocycles. The summed E-state index contributed by atoms with van der Waals surface area (Å²) in [7, 11) is 0. The van der Waals surface area contributed by atoms with E-state index in [0.29, 0.717) is 5.92 Å². The van der Waals surface area contributed by atoms with Gasteiger partial charge in [-0.05, 0) is 26.7 Å². The van der Waals surface area contributed by atoms with Crippen LogP contribution < -0.4 is 4.90 Å². The molecule has 0 N–H and O–H groups in total. The summed E-state index contributed by atoms with van der Waals surface area (Å²) in [5.74, 6) is 3.04. The van der Waals surface area contributed by atoms with Gasteiger partial charge in [-0.25, -0.2) is 4.98 Å². The predicted octanol–water partition coefficient (Wildman–Crippen LogP) is 1.99. The molecular weight excluding hydrogens is 300 g/mol. The van der Waals surface area contributed by atoms with Crippen LogP contribution in [0.15, 0.2) is 4.52 Å². The lowest BCUT2D eigenvalue weighted by Gasteiger charge is -2.36. The molecule has 1 saturated heterocycles. The molecule has 4 rings (SSSR count). The Morgan fingerprint density at radius 2 is 1.95 bits per heavy atom. The largest absolute Gasteiger partial charge is 0.344 e. The molecular formula is C14H20N6OS. The standard InChI is InChI=1S/C14H20N6OS/c1-9(13-16-12(17-21-13)11-3-4-11)19-5-7-20(8-6-19)14-15-10(2)18-22-14/h9,11H,3-8H2,1-2H3/t9-/m0/s1. The molecule has 0 radical (unpaired) electrons. The molecule has 0 spiro atoms. The van der Waals surface area contributed by atoms with Crippen molar-refractivity contribution < 1.29 is 4.52 Å². The van der Waals surface area contributed by atoms with Gasteiger partial charge in [0.05, 0.1) is 6.04 Å². The van der Waals surface area contributed by atoms with E-state index in [1.165, 1.54) is 24.4 Å². The lowest BCUT2D eigenvalue weighted by Crippen LogP contribution is -2.47. The minimum atomic E-state index is 0.179. The third kappa shape index (κ3) is 2.72. The fourth-order valence-corrected chi connectivity index (χ4v) is 3.52. The molecule has 1 aliphatic heterocycles. The highest BCUT2D eigenvalue weighted by molar-refractivity contribution is 7.09. The van der Waals surface area contributed by atoms with Crippen molar-refractivity contribution in [2.75, 3.05) is 31.1 Å². The van der Waals surface area contributed by atoms with E-state index in [-0.39, 0.29) is 6.04 Å². The lowest BCUT2D eigenvalue weighted by atomic mass is 10.2. The van der Waals surface area contributed by atoms with Crippen LogP contribution >= 0.6 is 11.5 Å². The third-order valence-electron chi connectivity index (χ3n) is 4.41. The van der Waals surface area contributed by atoms with Gasteiger partial charge in [-0.1, -0.05) is 5.16 Å². The molecule has 22 heavy (non-hydrogen) atoms. The fourth-order valence-electron chi connectivity index (χ4n) is 2.80. The summed E-state index contributed by atoms with van der Waals surface area (Å²) < 4.78 is 9.72. The summed E-state index contributed by atoms with van der Waals surface area (Å²) in [5, 5.41) is 5.15. The molecule has 0 unspecified atom stereocenters. The predicted molar refractivity (Wildman–Crippen MR) is 83.1 cm³/mol. The SMILES string of the molecule is Cc1nsc(N2CCN([C@@H](C)c3nc(C4CC4)no3)CC2)n1. The van der Waals surface area contributed by atoms with Crippen LogP contribution in [-0.2, 0) is 0 Å². The fraction of sp³-hybridized carbons (Fsp3) is 0.714. The first kappa shape index (κ1) is 14.1. The summed E-state index contributed by atoms with van der Waals surface area (Å²) in [6.45, 7) is 7.95. The minimum Gasteiger partial charge on any atom is -0.344 e. The average molecular weight is 320 g/mol. The van der Waals surface area contributed by atoms with Crippen molar-refractivity contribution in [3.8, 4) is 0 Å². The van der Waals surface area contributed by atoms with E-state index in [2.05, 4.69) is 36.2 Å². The first-order valence-corrected chi connectivity index (χ1v) is 8.61. The van der Waals surface area contributed by atoms with Gasteiger partial charge in [-0.15, -0.1) is 0 Å². The highest BCUT2D eigenvalue weighted by Crippen LogP contribution is 2.38. The monoisotopic (exact) mass is 320 g/mol. The molecule has 2 fully saturated rings. The third-order valence-corrected chi connectivity index (χ3v) is 5.27. The first-order chi connectivity index (χ1) is 10.7. The second-order valence-electron chi connectivity index (χ2n) is 6.09. The maximum Gasteiger partial charge on any atom is 0.243 e. The van der Waals surface area contributed by atoms with E-state index < -0.39 is 0 Å². The molecule has 1 saturated carbocycles. The van der Waals surface area contributed by atoms with Crippen LogP contribution in [0.3, 0.4) is 0 Å². The van der Waals surface area contributed by atoms with Crippen molar-refractivity contribution in [2.24, 2.45) is 0 Å². The number of piperazine rings is 1. The molecule has 3 heterocycles. The van der Waals surface area contributed by atoms with Crippen molar-refractivity contribution in [3.05, 3.63) is 17.5 Å². The molecule has 0 aromatic carbocycles. The molecule has 2 aromatic rings. The Morgan fingerprint density at radius 3 is 2.59 bits per heavy atom. The Morgan fingerprint density at radius 1 is 1.18 bits per heavy atom. The van der Waals surface area contributed by atoms with Crippen LogP contribution in [0.4, 0.5) is 5.13 Å². The van der Waals surface area contributed by atoms with Gasteiger partial charge in [-0.3, -0.25) is 4.90 Å². The number of nitrogens with zero attached hydrogens (tertiary/aromatic N) is 6. The van der Waals surface area contributed by atoms with E-state index in [1.54, 1.807) is 0 Å². The van der Waals surface area contributed by atoms with Crippen molar-refractivity contribution in [3.63, 3.8) is 0 Å². The zero-order valence-corrected chi connectivity index (χ0v) is 13.7. The van der Waals surface area contributed by atoms with E-state index in [1.807, 2.05) is 6.92 Å². The topological polar surface area (TPSA) is 71.2 Å². The second kappa shape index (κ2) is 5.58. The number of rotatable bonds is 4. The van der Waals surface area contributed by atoms with Crippen LogP contribution in [0.25, 0.3) is 0 Å². The molecule has 8 heteroatoms. The lowest BCUT2D eigenvalue weighted by molar-refractivity contribution is 0.164. The number of aromatic nitrogens is 4. The van der Waals surface area contributed by atoms with Gasteiger partial charge in [0, 0.05) is 43.6 Å². The van der Waals surface area contributed by atoms with Crippen molar-refractivity contribution >= 4 is 16.7 Å². The van der Waals surface area contributed by atoms with E-state index in [4.69, 9.17) is 4.52 Å². The smallest absolute Gasteiger partial charge is 0.243 e. The Kier molecular flexibility index (Phi) is 3.57. The van der Waals surface area contributed by atoms with Gasteiger partial charge in [0.25, 0.3) is 0 Å². The van der Waals surface area contributed by atoms with Crippen molar-refractivity contribution in [2.45, 2.75) is 38.6 Å². The Bertz CT molecular complexity index is 643. The quantitative estimate of drug-likeness (QED) is 0.853. The summed E-state index contributed by atoms with van der Waals surface area (Å²) in [5.41, 5.74) is 0. The van der Waals surface area contributed by atoms with Gasteiger partial charge < -0.3 is 9.42 Å². The number of anilines is 1. The average Bonchev–Trinajstić information content (AvgIpc) is 3.11. The Labute approximate surface area is 133 Å². The molecule has 7 nitrogen and oxygen atoms in total. The number of aryl methyl sites for hydroxylation is 1. The minimum absolute atomic E-state index is 0.179. The number of hydrogen-bond donors (Lipinski definition) is 0. The molecule has 1 atom stereocenters.